The van der Waals surface area contributed by atoms with Gasteiger partial charge in [0.25, 0.3) is 11.5 Å². The van der Waals surface area contributed by atoms with Gasteiger partial charge in [-0.25, -0.2) is 14.5 Å². The van der Waals surface area contributed by atoms with Gasteiger partial charge in [0.15, 0.2) is 0 Å². The Labute approximate surface area is 182 Å². The average molecular weight is 439 g/mol. The number of aryl methyl sites for hydroxylation is 2. The van der Waals surface area contributed by atoms with E-state index in [2.05, 4.69) is 10.1 Å². The molecule has 0 bridgehead atoms. The molecule has 0 N–H and O–H groups in total. The van der Waals surface area contributed by atoms with E-state index in [1.54, 1.807) is 48.5 Å². The Morgan fingerprint density at radius 3 is 2.55 bits per heavy atom. The second kappa shape index (κ2) is 8.61. The highest BCUT2D eigenvalue weighted by molar-refractivity contribution is 6.30. The number of para-hydroxylation sites is 1. The van der Waals surface area contributed by atoms with Gasteiger partial charge in [-0.05, 0) is 49.7 Å². The van der Waals surface area contributed by atoms with Crippen LogP contribution in [0.2, 0.25) is 5.02 Å². The van der Waals surface area contributed by atoms with Gasteiger partial charge >= 0.3 is 5.97 Å². The zero-order valence-corrected chi connectivity index (χ0v) is 17.7. The summed E-state index contributed by atoms with van der Waals surface area (Å²) in [7, 11) is 0. The molecule has 0 saturated heterocycles. The Morgan fingerprint density at radius 1 is 1.10 bits per heavy atom. The third-order valence-electron chi connectivity index (χ3n) is 4.54. The van der Waals surface area contributed by atoms with Gasteiger partial charge in [-0.3, -0.25) is 4.79 Å². The summed E-state index contributed by atoms with van der Waals surface area (Å²) >= 11 is 5.85. The lowest BCUT2D eigenvalue weighted by molar-refractivity contribution is -0.150. The smallest absolute Gasteiger partial charge is 0.347 e. The lowest BCUT2D eigenvalue weighted by atomic mass is 10.2. The van der Waals surface area contributed by atoms with Crippen LogP contribution in [0.15, 0.2) is 59.4 Å². The summed E-state index contributed by atoms with van der Waals surface area (Å²) in [5.41, 5.74) is 2.36. The molecule has 0 unspecified atom stereocenters. The van der Waals surface area contributed by atoms with Crippen molar-refractivity contribution in [2.75, 3.05) is 6.61 Å². The van der Waals surface area contributed by atoms with Crippen LogP contribution in [-0.4, -0.2) is 32.1 Å². The van der Waals surface area contributed by atoms with Crippen LogP contribution in [0.3, 0.4) is 0 Å². The molecule has 8 nitrogen and oxygen atoms in total. The second-order valence-electron chi connectivity index (χ2n) is 6.93. The maximum atomic E-state index is 13.1. The SMILES string of the molecule is Cc1cc(C)n(-c2nc3ccccc3c(=O)n2OCC(=O)OCc2ccc(Cl)cc2)n1. The molecule has 0 radical (unpaired) electrons. The van der Waals surface area contributed by atoms with Crippen molar-refractivity contribution in [3.05, 3.63) is 86.9 Å². The second-order valence-corrected chi connectivity index (χ2v) is 7.36. The minimum atomic E-state index is -0.630. The predicted octanol–water partition coefficient (Wildman–Crippen LogP) is 3.02. The van der Waals surface area contributed by atoms with E-state index in [9.17, 15) is 9.59 Å². The van der Waals surface area contributed by atoms with E-state index in [4.69, 9.17) is 21.2 Å². The van der Waals surface area contributed by atoms with Gasteiger partial charge in [0.1, 0.15) is 6.61 Å². The van der Waals surface area contributed by atoms with E-state index in [0.29, 0.717) is 15.9 Å². The van der Waals surface area contributed by atoms with Crippen molar-refractivity contribution in [3.63, 3.8) is 0 Å². The minimum absolute atomic E-state index is 0.0640. The Bertz CT molecular complexity index is 1310. The monoisotopic (exact) mass is 438 g/mol. The van der Waals surface area contributed by atoms with Crippen molar-refractivity contribution in [3.8, 4) is 5.95 Å². The highest BCUT2D eigenvalue weighted by Gasteiger charge is 2.18. The van der Waals surface area contributed by atoms with Crippen LogP contribution in [0, 0.1) is 13.8 Å². The first-order chi connectivity index (χ1) is 14.9. The molecule has 2 aromatic heterocycles. The molecular weight excluding hydrogens is 420 g/mol. The van der Waals surface area contributed by atoms with Crippen molar-refractivity contribution < 1.29 is 14.4 Å². The number of fused-ring (bicyclic) bond motifs is 1. The molecule has 0 aliphatic heterocycles. The Hall–Kier alpha value is -3.65. The molecule has 0 fully saturated rings. The lowest BCUT2D eigenvalue weighted by Crippen LogP contribution is -2.35. The number of carbonyl (C=O) groups excluding carboxylic acids is 1. The summed E-state index contributed by atoms with van der Waals surface area (Å²) in [6.45, 7) is 3.27. The van der Waals surface area contributed by atoms with Crippen LogP contribution in [0.25, 0.3) is 16.9 Å². The van der Waals surface area contributed by atoms with Gasteiger partial charge in [0.2, 0.25) is 6.61 Å². The number of aromatic nitrogens is 4. The van der Waals surface area contributed by atoms with E-state index in [0.717, 1.165) is 21.7 Å². The van der Waals surface area contributed by atoms with Gasteiger partial charge in [-0.1, -0.05) is 35.9 Å². The number of benzene rings is 2. The number of ether oxygens (including phenoxy) is 1. The fourth-order valence-corrected chi connectivity index (χ4v) is 3.22. The summed E-state index contributed by atoms with van der Waals surface area (Å²) in [5, 5.41) is 5.35. The fraction of sp³-hybridized carbons (Fsp3) is 0.182. The summed E-state index contributed by atoms with van der Waals surface area (Å²) in [6.07, 6.45) is 0. The highest BCUT2D eigenvalue weighted by Crippen LogP contribution is 2.13. The summed E-state index contributed by atoms with van der Waals surface area (Å²) in [5.74, 6) is -0.478. The molecule has 4 rings (SSSR count). The van der Waals surface area contributed by atoms with Gasteiger partial charge in [0, 0.05) is 10.7 Å². The zero-order valence-electron chi connectivity index (χ0n) is 16.9. The van der Waals surface area contributed by atoms with Crippen molar-refractivity contribution >= 4 is 28.5 Å². The highest BCUT2D eigenvalue weighted by atomic mass is 35.5. The number of carbonyl (C=O) groups is 1. The first kappa shape index (κ1) is 20.6. The number of nitrogens with zero attached hydrogens (tertiary/aromatic N) is 4. The third-order valence-corrected chi connectivity index (χ3v) is 4.80. The quantitative estimate of drug-likeness (QED) is 0.430. The summed E-state index contributed by atoms with van der Waals surface area (Å²) < 4.78 is 7.70. The van der Waals surface area contributed by atoms with Crippen molar-refractivity contribution in [1.29, 1.82) is 0 Å². The molecule has 2 aromatic carbocycles. The maximum absolute atomic E-state index is 13.1. The molecule has 158 valence electrons. The van der Waals surface area contributed by atoms with Gasteiger partial charge in [-0.15, -0.1) is 4.73 Å². The topological polar surface area (TPSA) is 88.2 Å². The van der Waals surface area contributed by atoms with Crippen LogP contribution in [0.1, 0.15) is 17.0 Å². The predicted molar refractivity (Wildman–Crippen MR) is 115 cm³/mol. The van der Waals surface area contributed by atoms with Crippen molar-refractivity contribution in [1.82, 2.24) is 19.5 Å². The number of halogens is 1. The van der Waals surface area contributed by atoms with Crippen molar-refractivity contribution in [2.45, 2.75) is 20.5 Å². The standard InChI is InChI=1S/C22H19ClN4O4/c1-14-11-15(2)26(25-14)22-24-19-6-4-3-5-18(19)21(29)27(22)31-13-20(28)30-12-16-7-9-17(23)10-8-16/h3-11H,12-13H2,1-2H3. The molecule has 9 heteroatoms. The Morgan fingerprint density at radius 2 is 1.84 bits per heavy atom. The minimum Gasteiger partial charge on any atom is -0.458 e. The van der Waals surface area contributed by atoms with E-state index < -0.39 is 18.1 Å². The fourth-order valence-electron chi connectivity index (χ4n) is 3.09. The molecule has 31 heavy (non-hydrogen) atoms. The first-order valence-corrected chi connectivity index (χ1v) is 9.89. The summed E-state index contributed by atoms with van der Waals surface area (Å²) in [4.78, 5) is 35.4. The van der Waals surface area contributed by atoms with Gasteiger partial charge in [0.05, 0.1) is 16.6 Å². The van der Waals surface area contributed by atoms with Crippen LogP contribution in [-0.2, 0) is 16.1 Å². The number of esters is 1. The number of hydrogen-bond acceptors (Lipinski definition) is 6. The summed E-state index contributed by atoms with van der Waals surface area (Å²) in [6, 6.07) is 15.7. The van der Waals surface area contributed by atoms with Crippen LogP contribution in [0.5, 0.6) is 0 Å². The molecule has 0 aliphatic rings. The molecule has 0 atom stereocenters. The molecular formula is C22H19ClN4O4. The van der Waals surface area contributed by atoms with Crippen LogP contribution < -0.4 is 10.4 Å². The normalized spacial score (nSPS) is 10.9. The largest absolute Gasteiger partial charge is 0.458 e. The van der Waals surface area contributed by atoms with Crippen molar-refractivity contribution in [2.24, 2.45) is 0 Å². The Balaban J connectivity index is 1.60. The molecule has 0 amide bonds. The molecule has 2 heterocycles. The average Bonchev–Trinajstić information content (AvgIpc) is 3.10. The van der Waals surface area contributed by atoms with Crippen LogP contribution >= 0.6 is 11.6 Å². The zero-order chi connectivity index (χ0) is 22.0. The first-order valence-electron chi connectivity index (χ1n) is 9.51. The lowest BCUT2D eigenvalue weighted by Gasteiger charge is -2.14. The van der Waals surface area contributed by atoms with Gasteiger partial charge < -0.3 is 9.57 Å². The Kier molecular flexibility index (Phi) is 5.73. The van der Waals surface area contributed by atoms with E-state index in [1.165, 1.54) is 4.68 Å². The molecule has 0 saturated carbocycles. The number of hydrogen-bond donors (Lipinski definition) is 0. The maximum Gasteiger partial charge on any atom is 0.347 e. The number of rotatable bonds is 6. The van der Waals surface area contributed by atoms with E-state index >= 15 is 0 Å². The molecule has 4 aromatic rings. The van der Waals surface area contributed by atoms with E-state index in [1.807, 2.05) is 19.9 Å². The van der Waals surface area contributed by atoms with Crippen LogP contribution in [0.4, 0.5) is 0 Å². The molecule has 0 spiro atoms. The third kappa shape index (κ3) is 4.44. The van der Waals surface area contributed by atoms with E-state index in [-0.39, 0.29) is 12.6 Å². The van der Waals surface area contributed by atoms with Gasteiger partial charge in [-0.2, -0.15) is 5.10 Å². The molecule has 0 aliphatic carbocycles.